The molecule has 3 aromatic rings. The highest BCUT2D eigenvalue weighted by Gasteiger charge is 2.12. The molecule has 2 aromatic carbocycles. The number of carbonyl (C=O) groups is 2. The molecule has 0 bridgehead atoms. The number of rotatable bonds is 6. The number of aromatic nitrogens is 1. The predicted molar refractivity (Wildman–Crippen MR) is 114 cm³/mol. The second-order valence-corrected chi connectivity index (χ2v) is 6.83. The second-order valence-electron chi connectivity index (χ2n) is 6.83. The highest BCUT2D eigenvalue weighted by molar-refractivity contribution is 6.03. The first kappa shape index (κ1) is 20.1. The fourth-order valence-corrected chi connectivity index (χ4v) is 2.78. The van der Waals surface area contributed by atoms with Gasteiger partial charge in [-0.05, 0) is 47.9 Å². The summed E-state index contributed by atoms with van der Waals surface area (Å²) in [6.07, 6.45) is 1.55. The van der Waals surface area contributed by atoms with Gasteiger partial charge in [0.15, 0.2) is 0 Å². The molecular formula is C23H23N3O3. The number of ether oxygens (including phenoxy) is 1. The monoisotopic (exact) mass is 389 g/mol. The van der Waals surface area contributed by atoms with Gasteiger partial charge in [0.05, 0.1) is 30.2 Å². The fraction of sp³-hybridized carbons (Fsp3) is 0.174. The van der Waals surface area contributed by atoms with Gasteiger partial charge in [-0.15, -0.1) is 0 Å². The molecule has 3 rings (SSSR count). The molecule has 1 heterocycles. The van der Waals surface area contributed by atoms with Crippen LogP contribution >= 0.6 is 0 Å². The Morgan fingerprint density at radius 1 is 0.931 bits per heavy atom. The van der Waals surface area contributed by atoms with Gasteiger partial charge in [-0.1, -0.05) is 38.1 Å². The van der Waals surface area contributed by atoms with E-state index in [1.807, 2.05) is 30.3 Å². The average molecular weight is 389 g/mol. The zero-order valence-corrected chi connectivity index (χ0v) is 16.6. The zero-order chi connectivity index (χ0) is 20.8. The molecule has 0 fully saturated rings. The van der Waals surface area contributed by atoms with Gasteiger partial charge in [-0.3, -0.25) is 4.79 Å². The van der Waals surface area contributed by atoms with Crippen LogP contribution in [0.2, 0.25) is 0 Å². The number of benzene rings is 2. The molecule has 29 heavy (non-hydrogen) atoms. The minimum Gasteiger partial charge on any atom is -0.465 e. The molecule has 0 aliphatic carbocycles. The van der Waals surface area contributed by atoms with Crippen molar-refractivity contribution in [2.75, 3.05) is 17.7 Å². The van der Waals surface area contributed by atoms with Crippen LogP contribution in [0.15, 0.2) is 66.9 Å². The lowest BCUT2D eigenvalue weighted by Crippen LogP contribution is -2.13. The Balaban J connectivity index is 1.69. The predicted octanol–water partition coefficient (Wildman–Crippen LogP) is 4.99. The summed E-state index contributed by atoms with van der Waals surface area (Å²) in [5, 5.41) is 5.97. The number of nitrogens with zero attached hydrogens (tertiary/aromatic N) is 1. The maximum atomic E-state index is 12.4. The maximum absolute atomic E-state index is 12.4. The van der Waals surface area contributed by atoms with Crippen molar-refractivity contribution in [1.82, 2.24) is 4.98 Å². The van der Waals surface area contributed by atoms with Gasteiger partial charge in [0.25, 0.3) is 5.91 Å². The van der Waals surface area contributed by atoms with E-state index in [-0.39, 0.29) is 5.91 Å². The zero-order valence-electron chi connectivity index (χ0n) is 16.6. The van der Waals surface area contributed by atoms with Gasteiger partial charge >= 0.3 is 5.97 Å². The summed E-state index contributed by atoms with van der Waals surface area (Å²) in [4.78, 5) is 28.5. The first-order valence-electron chi connectivity index (χ1n) is 9.29. The van der Waals surface area contributed by atoms with E-state index in [1.165, 1.54) is 12.7 Å². The maximum Gasteiger partial charge on any atom is 0.339 e. The van der Waals surface area contributed by atoms with Crippen molar-refractivity contribution in [1.29, 1.82) is 0 Å². The molecular weight excluding hydrogens is 366 g/mol. The summed E-state index contributed by atoms with van der Waals surface area (Å²) < 4.78 is 4.79. The summed E-state index contributed by atoms with van der Waals surface area (Å²) in [5.74, 6) is -0.282. The molecule has 0 atom stereocenters. The number of hydrogen-bond acceptors (Lipinski definition) is 5. The first-order valence-corrected chi connectivity index (χ1v) is 9.29. The highest BCUT2D eigenvalue weighted by atomic mass is 16.5. The third kappa shape index (κ3) is 4.99. The number of esters is 1. The van der Waals surface area contributed by atoms with Gasteiger partial charge in [-0.25, -0.2) is 9.78 Å². The van der Waals surface area contributed by atoms with Gasteiger partial charge in [0.1, 0.15) is 5.69 Å². The van der Waals surface area contributed by atoms with Crippen LogP contribution < -0.4 is 10.6 Å². The van der Waals surface area contributed by atoms with Crippen LogP contribution in [-0.2, 0) is 4.74 Å². The van der Waals surface area contributed by atoms with Crippen molar-refractivity contribution in [2.24, 2.45) is 0 Å². The van der Waals surface area contributed by atoms with Crippen molar-refractivity contribution in [3.05, 3.63) is 83.7 Å². The number of methoxy groups -OCH3 is 1. The minimum atomic E-state index is -0.430. The molecule has 0 saturated carbocycles. The molecule has 1 amide bonds. The standard InChI is InChI=1S/C23H23N3O3/c1-15(2)16-8-10-17(11-9-16)26-22(27)21-13-12-18(14-24-21)25-20-7-5-4-6-19(20)23(28)29-3/h4-15,25H,1-3H3,(H,26,27). The minimum absolute atomic E-state index is 0.288. The van der Waals surface area contributed by atoms with Crippen LogP contribution in [0.3, 0.4) is 0 Å². The molecule has 0 saturated heterocycles. The molecule has 1 aromatic heterocycles. The molecule has 0 radical (unpaired) electrons. The number of amides is 1. The average Bonchev–Trinajstić information content (AvgIpc) is 2.74. The van der Waals surface area contributed by atoms with Crippen LogP contribution in [0.25, 0.3) is 0 Å². The van der Waals surface area contributed by atoms with Crippen molar-refractivity contribution >= 4 is 28.9 Å². The largest absolute Gasteiger partial charge is 0.465 e. The Morgan fingerprint density at radius 3 is 2.24 bits per heavy atom. The summed E-state index contributed by atoms with van der Waals surface area (Å²) >= 11 is 0. The van der Waals surface area contributed by atoms with E-state index in [2.05, 4.69) is 29.5 Å². The Bertz CT molecular complexity index is 997. The van der Waals surface area contributed by atoms with Crippen LogP contribution in [-0.4, -0.2) is 24.0 Å². The molecule has 6 nitrogen and oxygen atoms in total. The first-order chi connectivity index (χ1) is 14.0. The smallest absolute Gasteiger partial charge is 0.339 e. The summed E-state index contributed by atoms with van der Waals surface area (Å²) in [6, 6.07) is 18.1. The van der Waals surface area contributed by atoms with Crippen LogP contribution in [0.5, 0.6) is 0 Å². The Labute approximate surface area is 169 Å². The third-order valence-corrected chi connectivity index (χ3v) is 4.44. The number of pyridine rings is 1. The van der Waals surface area contributed by atoms with Crippen LogP contribution in [0.1, 0.15) is 46.2 Å². The number of anilines is 3. The molecule has 0 spiro atoms. The molecule has 0 unspecified atom stereocenters. The Hall–Kier alpha value is -3.67. The lowest BCUT2D eigenvalue weighted by molar-refractivity contribution is 0.0601. The van der Waals surface area contributed by atoms with E-state index < -0.39 is 5.97 Å². The highest BCUT2D eigenvalue weighted by Crippen LogP contribution is 2.22. The van der Waals surface area contributed by atoms with Crippen molar-refractivity contribution in [2.45, 2.75) is 19.8 Å². The van der Waals surface area contributed by atoms with E-state index in [9.17, 15) is 9.59 Å². The SMILES string of the molecule is COC(=O)c1ccccc1Nc1ccc(C(=O)Nc2ccc(C(C)C)cc2)nc1. The van der Waals surface area contributed by atoms with Crippen molar-refractivity contribution in [3.63, 3.8) is 0 Å². The molecule has 6 heteroatoms. The number of para-hydroxylation sites is 1. The van der Waals surface area contributed by atoms with Crippen LogP contribution in [0.4, 0.5) is 17.1 Å². The molecule has 0 aliphatic rings. The number of carbonyl (C=O) groups excluding carboxylic acids is 2. The van der Waals surface area contributed by atoms with Gasteiger partial charge in [0, 0.05) is 5.69 Å². The van der Waals surface area contributed by atoms with Crippen molar-refractivity contribution < 1.29 is 14.3 Å². The summed E-state index contributed by atoms with van der Waals surface area (Å²) in [7, 11) is 1.34. The van der Waals surface area contributed by atoms with Crippen molar-refractivity contribution in [3.8, 4) is 0 Å². The Kier molecular flexibility index (Phi) is 6.24. The second kappa shape index (κ2) is 9.01. The number of nitrogens with one attached hydrogen (secondary N) is 2. The van der Waals surface area contributed by atoms with E-state index in [4.69, 9.17) is 4.74 Å². The Morgan fingerprint density at radius 2 is 1.62 bits per heavy atom. The molecule has 2 N–H and O–H groups in total. The lowest BCUT2D eigenvalue weighted by Gasteiger charge is -2.11. The summed E-state index contributed by atoms with van der Waals surface area (Å²) in [5.41, 5.74) is 3.90. The normalized spacial score (nSPS) is 10.5. The van der Waals surface area contributed by atoms with Crippen LogP contribution in [0, 0.1) is 0 Å². The molecule has 0 aliphatic heterocycles. The number of hydrogen-bond donors (Lipinski definition) is 2. The third-order valence-electron chi connectivity index (χ3n) is 4.44. The lowest BCUT2D eigenvalue weighted by atomic mass is 10.0. The van der Waals surface area contributed by atoms with E-state index in [1.54, 1.807) is 36.5 Å². The quantitative estimate of drug-likeness (QED) is 0.581. The van der Waals surface area contributed by atoms with Gasteiger partial charge in [0.2, 0.25) is 0 Å². The summed E-state index contributed by atoms with van der Waals surface area (Å²) in [6.45, 7) is 4.24. The topological polar surface area (TPSA) is 80.3 Å². The van der Waals surface area contributed by atoms with E-state index in [0.717, 1.165) is 5.69 Å². The molecule has 148 valence electrons. The van der Waals surface area contributed by atoms with E-state index >= 15 is 0 Å². The van der Waals surface area contributed by atoms with Gasteiger partial charge in [-0.2, -0.15) is 0 Å². The fourth-order valence-electron chi connectivity index (χ4n) is 2.78. The van der Waals surface area contributed by atoms with Gasteiger partial charge < -0.3 is 15.4 Å². The van der Waals surface area contributed by atoms with E-state index in [0.29, 0.717) is 28.6 Å².